The van der Waals surface area contributed by atoms with Crippen molar-refractivity contribution in [1.29, 1.82) is 0 Å². The largest absolute Gasteiger partial charge is 0.504 e. The first-order valence-electron chi connectivity index (χ1n) is 7.84. The summed E-state index contributed by atoms with van der Waals surface area (Å²) in [4.78, 5) is 0. The maximum atomic E-state index is 5.10. The van der Waals surface area contributed by atoms with Crippen molar-refractivity contribution in [3.8, 4) is 11.1 Å². The van der Waals surface area contributed by atoms with E-state index in [0.717, 1.165) is 16.7 Å². The van der Waals surface area contributed by atoms with E-state index in [9.17, 15) is 0 Å². The van der Waals surface area contributed by atoms with Crippen LogP contribution in [0.4, 0.5) is 0 Å². The van der Waals surface area contributed by atoms with Crippen LogP contribution in [0.2, 0.25) is 0 Å². The van der Waals surface area contributed by atoms with E-state index in [-0.39, 0.29) is 0 Å². The Morgan fingerprint density at radius 1 is 0.667 bits per heavy atom. The molecule has 0 aromatic heterocycles. The van der Waals surface area contributed by atoms with Gasteiger partial charge in [-0.3, -0.25) is 0 Å². The normalized spacial score (nSPS) is 11.4. The van der Waals surface area contributed by atoms with Gasteiger partial charge in [-0.15, -0.1) is 0 Å². The third-order valence-corrected chi connectivity index (χ3v) is 3.93. The molecular formula is C22H20O2. The minimum Gasteiger partial charge on any atom is -0.504 e. The second kappa shape index (κ2) is 7.51. The molecule has 0 aliphatic carbocycles. The lowest BCUT2D eigenvalue weighted by molar-refractivity contribution is 0.341. The Bertz CT molecular complexity index is 859. The van der Waals surface area contributed by atoms with Gasteiger partial charge >= 0.3 is 0 Å². The summed E-state index contributed by atoms with van der Waals surface area (Å²) in [7, 11) is 3.31. The van der Waals surface area contributed by atoms with E-state index < -0.39 is 0 Å². The van der Waals surface area contributed by atoms with E-state index in [1.807, 2.05) is 18.2 Å². The van der Waals surface area contributed by atoms with Gasteiger partial charge in [-0.2, -0.15) is 0 Å². The summed E-state index contributed by atoms with van der Waals surface area (Å²) in [6.45, 7) is 0. The van der Waals surface area contributed by atoms with Gasteiger partial charge < -0.3 is 9.47 Å². The van der Waals surface area contributed by atoms with Crippen molar-refractivity contribution in [2.24, 2.45) is 0 Å². The van der Waals surface area contributed by atoms with Crippen LogP contribution in [0.3, 0.4) is 0 Å². The maximum absolute atomic E-state index is 5.10. The van der Waals surface area contributed by atoms with Crippen molar-refractivity contribution in [2.75, 3.05) is 14.2 Å². The van der Waals surface area contributed by atoms with Crippen LogP contribution in [0.15, 0.2) is 73.2 Å². The zero-order chi connectivity index (χ0) is 16.8. The van der Waals surface area contributed by atoms with Crippen LogP contribution >= 0.6 is 0 Å². The molecule has 24 heavy (non-hydrogen) atoms. The highest BCUT2D eigenvalue weighted by Gasteiger charge is 2.08. The second-order valence-electron chi connectivity index (χ2n) is 5.45. The molecule has 3 aromatic rings. The zero-order valence-corrected chi connectivity index (χ0v) is 13.9. The maximum Gasteiger partial charge on any atom is 0.0830 e. The molecule has 3 rings (SSSR count). The molecule has 3 aromatic carbocycles. The minimum absolute atomic E-state index is 1.10. The third-order valence-electron chi connectivity index (χ3n) is 3.93. The lowest BCUT2D eigenvalue weighted by Crippen LogP contribution is -1.89. The van der Waals surface area contributed by atoms with Gasteiger partial charge in [0.05, 0.1) is 26.7 Å². The monoisotopic (exact) mass is 316 g/mol. The molecule has 2 heteroatoms. The van der Waals surface area contributed by atoms with Gasteiger partial charge in [-0.25, -0.2) is 0 Å². The van der Waals surface area contributed by atoms with Gasteiger partial charge in [0.2, 0.25) is 0 Å². The van der Waals surface area contributed by atoms with E-state index in [1.54, 1.807) is 26.7 Å². The molecular weight excluding hydrogens is 296 g/mol. The number of ether oxygens (including phenoxy) is 2. The van der Waals surface area contributed by atoms with E-state index in [1.165, 1.54) is 16.3 Å². The van der Waals surface area contributed by atoms with Crippen molar-refractivity contribution < 1.29 is 9.47 Å². The number of methoxy groups -OCH3 is 2. The molecule has 0 heterocycles. The summed E-state index contributed by atoms with van der Waals surface area (Å²) in [6.07, 6.45) is 7.36. The number of hydrogen-bond acceptors (Lipinski definition) is 2. The van der Waals surface area contributed by atoms with Crippen LogP contribution in [0.5, 0.6) is 0 Å². The fourth-order valence-electron chi connectivity index (χ4n) is 2.83. The lowest BCUT2D eigenvalue weighted by Gasteiger charge is -2.12. The first-order chi connectivity index (χ1) is 11.8. The van der Waals surface area contributed by atoms with Crippen molar-refractivity contribution >= 4 is 22.9 Å². The molecule has 0 radical (unpaired) electrons. The summed E-state index contributed by atoms with van der Waals surface area (Å²) in [5.74, 6) is 0. The summed E-state index contributed by atoms with van der Waals surface area (Å²) < 4.78 is 10.2. The van der Waals surface area contributed by atoms with E-state index in [0.29, 0.717) is 0 Å². The van der Waals surface area contributed by atoms with Gasteiger partial charge in [0, 0.05) is 0 Å². The van der Waals surface area contributed by atoms with Gasteiger partial charge in [0.15, 0.2) is 0 Å². The summed E-state index contributed by atoms with van der Waals surface area (Å²) >= 11 is 0. The molecule has 2 nitrogen and oxygen atoms in total. The molecule has 0 spiro atoms. The Morgan fingerprint density at radius 3 is 1.92 bits per heavy atom. The molecule has 0 bridgehead atoms. The Labute approximate surface area is 142 Å². The van der Waals surface area contributed by atoms with Gasteiger partial charge in [0.25, 0.3) is 0 Å². The topological polar surface area (TPSA) is 18.5 Å². The van der Waals surface area contributed by atoms with Crippen LogP contribution in [-0.2, 0) is 9.47 Å². The third kappa shape index (κ3) is 3.33. The molecule has 120 valence electrons. The van der Waals surface area contributed by atoms with Gasteiger partial charge in [-0.1, -0.05) is 54.6 Å². The zero-order valence-electron chi connectivity index (χ0n) is 13.9. The first kappa shape index (κ1) is 15.9. The first-order valence-corrected chi connectivity index (χ1v) is 7.84. The molecule has 0 saturated carbocycles. The molecule has 0 aliphatic heterocycles. The highest BCUT2D eigenvalue weighted by Crippen LogP contribution is 2.32. The highest BCUT2D eigenvalue weighted by molar-refractivity contribution is 5.91. The Kier molecular flexibility index (Phi) is 4.97. The van der Waals surface area contributed by atoms with E-state index >= 15 is 0 Å². The van der Waals surface area contributed by atoms with Crippen molar-refractivity contribution in [3.05, 3.63) is 84.3 Å². The van der Waals surface area contributed by atoms with E-state index in [2.05, 4.69) is 54.6 Å². The van der Waals surface area contributed by atoms with Crippen molar-refractivity contribution in [1.82, 2.24) is 0 Å². The minimum atomic E-state index is 1.10. The summed E-state index contributed by atoms with van der Waals surface area (Å²) in [5.41, 5.74) is 4.53. The number of rotatable bonds is 5. The molecule has 0 aliphatic rings. The SMILES string of the molecule is CO/C=C/c1cccc(/C=C/OC)c1-c1ccc2ccccc2c1. The Hall–Kier alpha value is -3.00. The van der Waals surface area contributed by atoms with Crippen LogP contribution in [0.1, 0.15) is 11.1 Å². The quantitative estimate of drug-likeness (QED) is 0.559. The molecule has 0 fully saturated rings. The van der Waals surface area contributed by atoms with Gasteiger partial charge in [-0.05, 0) is 51.2 Å². The van der Waals surface area contributed by atoms with Gasteiger partial charge in [0.1, 0.15) is 0 Å². The molecule has 0 atom stereocenters. The average Bonchev–Trinajstić information content (AvgIpc) is 2.64. The van der Waals surface area contributed by atoms with Crippen LogP contribution < -0.4 is 0 Å². The smallest absolute Gasteiger partial charge is 0.0830 e. The molecule has 0 amide bonds. The fourth-order valence-corrected chi connectivity index (χ4v) is 2.83. The predicted octanol–water partition coefficient (Wildman–Crippen LogP) is 5.74. The standard InChI is InChI=1S/C22H20O2/c1-23-14-12-18-8-5-9-19(13-15-24-2)22(18)21-11-10-17-6-3-4-7-20(17)16-21/h3-16H,1-2H3/b14-12+,15-13+. The molecule has 0 saturated heterocycles. The highest BCUT2D eigenvalue weighted by atomic mass is 16.5. The lowest BCUT2D eigenvalue weighted by atomic mass is 9.92. The second-order valence-corrected chi connectivity index (χ2v) is 5.45. The number of fused-ring (bicyclic) bond motifs is 1. The number of hydrogen-bond donors (Lipinski definition) is 0. The van der Waals surface area contributed by atoms with Crippen LogP contribution in [0.25, 0.3) is 34.1 Å². The number of benzene rings is 3. The summed E-state index contributed by atoms with van der Waals surface area (Å²) in [6, 6.07) is 21.1. The Balaban J connectivity index is 2.21. The van der Waals surface area contributed by atoms with Crippen molar-refractivity contribution in [3.63, 3.8) is 0 Å². The average molecular weight is 316 g/mol. The van der Waals surface area contributed by atoms with Crippen molar-refractivity contribution in [2.45, 2.75) is 0 Å². The molecule has 0 N–H and O–H groups in total. The van der Waals surface area contributed by atoms with Crippen LogP contribution in [0, 0.1) is 0 Å². The summed E-state index contributed by atoms with van der Waals surface area (Å²) in [5, 5.41) is 2.46. The Morgan fingerprint density at radius 2 is 1.29 bits per heavy atom. The molecule has 0 unspecified atom stereocenters. The van der Waals surface area contributed by atoms with E-state index in [4.69, 9.17) is 9.47 Å². The fraction of sp³-hybridized carbons (Fsp3) is 0.0909. The predicted molar refractivity (Wildman–Crippen MR) is 101 cm³/mol. The van der Waals surface area contributed by atoms with Crippen LogP contribution in [-0.4, -0.2) is 14.2 Å².